The summed E-state index contributed by atoms with van der Waals surface area (Å²) >= 11 is 0. The van der Waals surface area contributed by atoms with Crippen molar-refractivity contribution in [3.05, 3.63) is 47.2 Å². The van der Waals surface area contributed by atoms with Crippen LogP contribution in [0.4, 0.5) is 8.78 Å². The number of benzene rings is 1. The Bertz CT molecular complexity index is 829. The lowest BCUT2D eigenvalue weighted by Crippen LogP contribution is -2.12. The normalized spacial score (nSPS) is 14.6. The molecule has 0 unspecified atom stereocenters. The quantitative estimate of drug-likeness (QED) is 0.496. The molecule has 1 aromatic carbocycles. The van der Waals surface area contributed by atoms with Gasteiger partial charge in [-0.3, -0.25) is 0 Å². The first-order valence-corrected chi connectivity index (χ1v) is 10.8. The zero-order valence-electron chi connectivity index (χ0n) is 16.1. The van der Waals surface area contributed by atoms with Gasteiger partial charge in [0, 0.05) is 24.7 Å². The molecule has 0 saturated heterocycles. The monoisotopic (exact) mass is 433 g/mol. The van der Waals surface area contributed by atoms with E-state index in [0.29, 0.717) is 18.3 Å². The molecule has 0 radical (unpaired) electrons. The summed E-state index contributed by atoms with van der Waals surface area (Å²) in [4.78, 5) is 21.6. The van der Waals surface area contributed by atoms with E-state index in [0.717, 1.165) is 24.4 Å². The molecule has 0 aliphatic heterocycles. The van der Waals surface area contributed by atoms with Crippen molar-refractivity contribution in [3.63, 3.8) is 0 Å². The Labute approximate surface area is 167 Å². The van der Waals surface area contributed by atoms with Gasteiger partial charge in [-0.25, -0.2) is 18.0 Å². The van der Waals surface area contributed by atoms with Gasteiger partial charge in [0.1, 0.15) is 18.2 Å². The highest BCUT2D eigenvalue weighted by Crippen LogP contribution is 2.28. The first kappa shape index (κ1) is 23.4. The van der Waals surface area contributed by atoms with Crippen molar-refractivity contribution < 1.29 is 32.8 Å². The van der Waals surface area contributed by atoms with E-state index in [1.165, 1.54) is 31.7 Å². The van der Waals surface area contributed by atoms with Gasteiger partial charge in [-0.05, 0) is 44.0 Å². The molecule has 1 aliphatic carbocycles. The summed E-state index contributed by atoms with van der Waals surface area (Å²) in [6.07, 6.45) is 4.94. The predicted octanol–water partition coefficient (Wildman–Crippen LogP) is 2.72. The lowest BCUT2D eigenvalue weighted by Gasteiger charge is -2.13. The smallest absolute Gasteiger partial charge is 0.466 e. The fourth-order valence-corrected chi connectivity index (χ4v) is 3.21. The van der Waals surface area contributed by atoms with E-state index in [9.17, 15) is 8.78 Å². The van der Waals surface area contributed by atoms with Crippen molar-refractivity contribution in [2.45, 2.75) is 45.4 Å². The molecule has 1 fully saturated rings. The number of rotatable bonds is 7. The summed E-state index contributed by atoms with van der Waals surface area (Å²) in [6.45, 7) is 1.44. The van der Waals surface area contributed by atoms with Crippen LogP contribution < -0.4 is 10.1 Å². The highest BCUT2D eigenvalue weighted by molar-refractivity contribution is 7.45. The Balaban J connectivity index is 0.000000537. The lowest BCUT2D eigenvalue weighted by atomic mass is 10.1. The Morgan fingerprint density at radius 2 is 1.90 bits per heavy atom. The average molecular weight is 433 g/mol. The number of ether oxygens (including phenoxy) is 1. The summed E-state index contributed by atoms with van der Waals surface area (Å²) in [7, 11) is -2.78. The Morgan fingerprint density at radius 3 is 2.52 bits per heavy atom. The first-order valence-electron chi connectivity index (χ1n) is 9.22. The van der Waals surface area contributed by atoms with Gasteiger partial charge in [-0.2, -0.15) is 5.10 Å². The fraction of sp³-hybridized carbons (Fsp3) is 0.500. The highest BCUT2D eigenvalue weighted by atomic mass is 31.2. The number of nitrogens with zero attached hydrogens (tertiary/aromatic N) is 2. The summed E-state index contributed by atoms with van der Waals surface area (Å²) in [6, 6.07) is 5.26. The van der Waals surface area contributed by atoms with Crippen LogP contribution in [-0.4, -0.2) is 31.5 Å². The zero-order chi connectivity index (χ0) is 21.4. The minimum Gasteiger partial charge on any atom is -0.473 e. The van der Waals surface area contributed by atoms with E-state index < -0.39 is 19.5 Å². The molecule has 2 aromatic rings. The average Bonchev–Trinajstić information content (AvgIpc) is 3.25. The lowest BCUT2D eigenvalue weighted by molar-refractivity contribution is 0.257. The van der Waals surface area contributed by atoms with Gasteiger partial charge < -0.3 is 24.7 Å². The molecule has 29 heavy (non-hydrogen) atoms. The maximum atomic E-state index is 13.7. The van der Waals surface area contributed by atoms with E-state index in [1.54, 1.807) is 0 Å². The molecule has 162 valence electrons. The van der Waals surface area contributed by atoms with Gasteiger partial charge in [0.05, 0.1) is 5.69 Å². The topological polar surface area (TPSA) is 117 Å². The minimum atomic E-state index is -4.64. The molecular formula is C18H26F2N3O5P. The number of aromatic nitrogens is 2. The molecule has 1 aliphatic rings. The SMILES string of the molecule is CNCc1cc(OCc2cc(F)ccc2F)n(CC2CCCC2)n1.O=P(O)(O)O. The van der Waals surface area contributed by atoms with Crippen molar-refractivity contribution in [2.75, 3.05) is 7.05 Å². The maximum Gasteiger partial charge on any atom is 0.466 e. The van der Waals surface area contributed by atoms with Gasteiger partial charge in [0.25, 0.3) is 0 Å². The molecule has 8 nitrogen and oxygen atoms in total. The summed E-state index contributed by atoms with van der Waals surface area (Å²) in [5, 5.41) is 7.64. The van der Waals surface area contributed by atoms with Crippen LogP contribution in [-0.2, 0) is 24.3 Å². The van der Waals surface area contributed by atoms with Crippen LogP contribution >= 0.6 is 7.82 Å². The second-order valence-corrected chi connectivity index (χ2v) is 7.90. The molecule has 1 saturated carbocycles. The molecule has 0 amide bonds. The van der Waals surface area contributed by atoms with Gasteiger partial charge in [-0.15, -0.1) is 0 Å². The standard InChI is InChI=1S/C18H23F2N3O.H3O4P/c1-21-10-16-9-18(23(22-16)11-13-4-2-3-5-13)24-12-14-8-15(19)6-7-17(14)20;1-5(2,3)4/h6-9,13,21H,2-5,10-12H2,1H3;(H3,1,2,3,4). The number of nitrogens with one attached hydrogen (secondary N) is 1. The number of hydrogen-bond donors (Lipinski definition) is 4. The van der Waals surface area contributed by atoms with Crippen LogP contribution in [0.3, 0.4) is 0 Å². The molecule has 0 atom stereocenters. The van der Waals surface area contributed by atoms with Crippen molar-refractivity contribution in [3.8, 4) is 5.88 Å². The van der Waals surface area contributed by atoms with Gasteiger partial charge in [0.2, 0.25) is 5.88 Å². The molecule has 1 heterocycles. The Kier molecular flexibility index (Phi) is 8.73. The fourth-order valence-electron chi connectivity index (χ4n) is 3.21. The molecule has 11 heteroatoms. The zero-order valence-corrected chi connectivity index (χ0v) is 17.0. The van der Waals surface area contributed by atoms with E-state index in [1.807, 2.05) is 17.8 Å². The molecule has 4 N–H and O–H groups in total. The van der Waals surface area contributed by atoms with E-state index in [2.05, 4.69) is 10.4 Å². The van der Waals surface area contributed by atoms with Crippen LogP contribution in [0.1, 0.15) is 36.9 Å². The van der Waals surface area contributed by atoms with Crippen LogP contribution in [0.15, 0.2) is 24.3 Å². The molecule has 1 aromatic heterocycles. The van der Waals surface area contributed by atoms with E-state index in [4.69, 9.17) is 24.0 Å². The highest BCUT2D eigenvalue weighted by Gasteiger charge is 2.19. The number of hydrogen-bond acceptors (Lipinski definition) is 4. The molecular weight excluding hydrogens is 407 g/mol. The van der Waals surface area contributed by atoms with Crippen LogP contribution in [0.2, 0.25) is 0 Å². The van der Waals surface area contributed by atoms with Crippen LogP contribution in [0, 0.1) is 17.6 Å². The second-order valence-electron chi connectivity index (χ2n) is 6.87. The van der Waals surface area contributed by atoms with E-state index >= 15 is 0 Å². The molecule has 3 rings (SSSR count). The van der Waals surface area contributed by atoms with Crippen molar-refractivity contribution in [1.29, 1.82) is 0 Å². The van der Waals surface area contributed by atoms with E-state index in [-0.39, 0.29) is 12.2 Å². The summed E-state index contributed by atoms with van der Waals surface area (Å²) in [5.41, 5.74) is 1.09. The van der Waals surface area contributed by atoms with Crippen LogP contribution in [0.5, 0.6) is 5.88 Å². The number of phosphoric acid groups is 1. The van der Waals surface area contributed by atoms with Crippen molar-refractivity contribution in [2.24, 2.45) is 5.92 Å². The summed E-state index contributed by atoms with van der Waals surface area (Å²) in [5.74, 6) is 0.287. The first-order chi connectivity index (χ1) is 13.7. The van der Waals surface area contributed by atoms with Crippen molar-refractivity contribution >= 4 is 7.82 Å². The third-order valence-corrected chi connectivity index (χ3v) is 4.44. The van der Waals surface area contributed by atoms with Crippen LogP contribution in [0.25, 0.3) is 0 Å². The minimum absolute atomic E-state index is 0.0149. The van der Waals surface area contributed by atoms with Crippen molar-refractivity contribution in [1.82, 2.24) is 15.1 Å². The largest absolute Gasteiger partial charge is 0.473 e. The molecule has 0 spiro atoms. The number of halogens is 2. The van der Waals surface area contributed by atoms with Gasteiger partial charge in [0.15, 0.2) is 0 Å². The van der Waals surface area contributed by atoms with Gasteiger partial charge >= 0.3 is 7.82 Å². The Morgan fingerprint density at radius 1 is 1.24 bits per heavy atom. The maximum absolute atomic E-state index is 13.7. The predicted molar refractivity (Wildman–Crippen MR) is 102 cm³/mol. The van der Waals surface area contributed by atoms with Gasteiger partial charge in [-0.1, -0.05) is 12.8 Å². The third kappa shape index (κ3) is 8.59. The Hall–Kier alpha value is -1.84. The molecule has 0 bridgehead atoms. The summed E-state index contributed by atoms with van der Waals surface area (Å²) < 4.78 is 43.5. The second kappa shape index (κ2) is 10.8. The third-order valence-electron chi connectivity index (χ3n) is 4.44.